The molecule has 68 valence electrons. The zero-order valence-electron chi connectivity index (χ0n) is 7.77. The van der Waals surface area contributed by atoms with Crippen molar-refractivity contribution in [2.45, 2.75) is 26.7 Å². The molecule has 2 unspecified atom stereocenters. The lowest BCUT2D eigenvalue weighted by Gasteiger charge is -2.20. The lowest BCUT2D eigenvalue weighted by Crippen LogP contribution is -2.17. The van der Waals surface area contributed by atoms with E-state index in [4.69, 9.17) is 4.74 Å². The predicted molar refractivity (Wildman–Crippen MR) is 53.2 cm³/mol. The van der Waals surface area contributed by atoms with Crippen molar-refractivity contribution < 1.29 is 4.74 Å². The minimum Gasteiger partial charge on any atom is -0.384 e. The van der Waals surface area contributed by atoms with Crippen LogP contribution in [0, 0.1) is 11.8 Å². The Hall–Kier alpha value is 0.440. The van der Waals surface area contributed by atoms with Gasteiger partial charge in [-0.3, -0.25) is 0 Å². The van der Waals surface area contributed by atoms with Gasteiger partial charge in [-0.15, -0.1) is 0 Å². The van der Waals surface area contributed by atoms with Gasteiger partial charge in [0.1, 0.15) is 0 Å². The molecule has 0 spiro atoms. The van der Waals surface area contributed by atoms with Gasteiger partial charge in [-0.25, -0.2) is 0 Å². The molecule has 0 bridgehead atoms. The van der Waals surface area contributed by atoms with E-state index in [1.54, 1.807) is 7.11 Å². The standard InChI is InChI=1S/C9H19BrO/c1-4-5-9(6-10)8(2)7-11-3/h8-9H,4-7H2,1-3H3. The van der Waals surface area contributed by atoms with Crippen LogP contribution in [0.5, 0.6) is 0 Å². The highest BCUT2D eigenvalue weighted by Gasteiger charge is 2.14. The van der Waals surface area contributed by atoms with Gasteiger partial charge in [-0.2, -0.15) is 0 Å². The van der Waals surface area contributed by atoms with Crippen molar-refractivity contribution in [3.63, 3.8) is 0 Å². The molecule has 0 aromatic heterocycles. The zero-order chi connectivity index (χ0) is 8.69. The van der Waals surface area contributed by atoms with Crippen LogP contribution in [-0.2, 0) is 4.74 Å². The first-order valence-electron chi connectivity index (χ1n) is 4.31. The summed E-state index contributed by atoms with van der Waals surface area (Å²) in [7, 11) is 1.77. The van der Waals surface area contributed by atoms with Crippen LogP contribution >= 0.6 is 15.9 Å². The van der Waals surface area contributed by atoms with Gasteiger partial charge in [0, 0.05) is 19.0 Å². The lowest BCUT2D eigenvalue weighted by atomic mass is 9.92. The van der Waals surface area contributed by atoms with Gasteiger partial charge < -0.3 is 4.74 Å². The van der Waals surface area contributed by atoms with Crippen LogP contribution in [0.25, 0.3) is 0 Å². The topological polar surface area (TPSA) is 9.23 Å². The van der Waals surface area contributed by atoms with Crippen molar-refractivity contribution in [1.29, 1.82) is 0 Å². The van der Waals surface area contributed by atoms with Crippen molar-refractivity contribution in [2.75, 3.05) is 19.0 Å². The molecule has 0 aliphatic rings. The van der Waals surface area contributed by atoms with E-state index >= 15 is 0 Å². The fourth-order valence-electron chi connectivity index (χ4n) is 1.28. The Morgan fingerprint density at radius 2 is 2.09 bits per heavy atom. The van der Waals surface area contributed by atoms with E-state index in [2.05, 4.69) is 29.8 Å². The second kappa shape index (κ2) is 7.11. The van der Waals surface area contributed by atoms with Gasteiger partial charge in [0.05, 0.1) is 0 Å². The van der Waals surface area contributed by atoms with E-state index in [9.17, 15) is 0 Å². The molecule has 1 nitrogen and oxygen atoms in total. The molecule has 0 aliphatic carbocycles. The molecule has 0 radical (unpaired) electrons. The van der Waals surface area contributed by atoms with Crippen molar-refractivity contribution in [3.05, 3.63) is 0 Å². The van der Waals surface area contributed by atoms with Crippen LogP contribution in [0.3, 0.4) is 0 Å². The molecular formula is C9H19BrO. The SMILES string of the molecule is CCCC(CBr)C(C)COC. The molecule has 0 rings (SSSR count). The highest BCUT2D eigenvalue weighted by molar-refractivity contribution is 9.09. The summed E-state index contributed by atoms with van der Waals surface area (Å²) in [5.74, 6) is 1.46. The Labute approximate surface area is 78.6 Å². The zero-order valence-corrected chi connectivity index (χ0v) is 9.36. The second-order valence-electron chi connectivity index (χ2n) is 3.14. The van der Waals surface area contributed by atoms with E-state index in [0.717, 1.165) is 17.9 Å². The molecule has 2 atom stereocenters. The molecule has 0 aliphatic heterocycles. The highest BCUT2D eigenvalue weighted by atomic mass is 79.9. The minimum atomic E-state index is 0.680. The van der Waals surface area contributed by atoms with Gasteiger partial charge in [0.25, 0.3) is 0 Å². The lowest BCUT2D eigenvalue weighted by molar-refractivity contribution is 0.132. The number of rotatable bonds is 6. The van der Waals surface area contributed by atoms with Gasteiger partial charge in [-0.05, 0) is 18.3 Å². The first kappa shape index (κ1) is 11.4. The average molecular weight is 223 g/mol. The summed E-state index contributed by atoms with van der Waals surface area (Å²) in [5, 5.41) is 1.10. The summed E-state index contributed by atoms with van der Waals surface area (Å²) >= 11 is 3.53. The Morgan fingerprint density at radius 1 is 1.45 bits per heavy atom. The van der Waals surface area contributed by atoms with Gasteiger partial charge in [-0.1, -0.05) is 36.2 Å². The summed E-state index contributed by atoms with van der Waals surface area (Å²) in [6.45, 7) is 5.37. The molecule has 0 heterocycles. The largest absolute Gasteiger partial charge is 0.384 e. The number of alkyl halides is 1. The summed E-state index contributed by atoms with van der Waals surface area (Å²) in [6.07, 6.45) is 2.57. The number of methoxy groups -OCH3 is 1. The summed E-state index contributed by atoms with van der Waals surface area (Å²) in [4.78, 5) is 0. The van der Waals surface area contributed by atoms with Crippen molar-refractivity contribution >= 4 is 15.9 Å². The predicted octanol–water partition coefficient (Wildman–Crippen LogP) is 3.08. The number of halogens is 1. The highest BCUT2D eigenvalue weighted by Crippen LogP contribution is 2.19. The number of hydrogen-bond acceptors (Lipinski definition) is 1. The van der Waals surface area contributed by atoms with Gasteiger partial charge in [0.15, 0.2) is 0 Å². The first-order valence-corrected chi connectivity index (χ1v) is 5.43. The van der Waals surface area contributed by atoms with E-state index in [1.807, 2.05) is 0 Å². The molecule has 0 saturated heterocycles. The quantitative estimate of drug-likeness (QED) is 0.629. The van der Waals surface area contributed by atoms with Gasteiger partial charge in [0.2, 0.25) is 0 Å². The molecule has 0 amide bonds. The molecule has 0 fully saturated rings. The maximum absolute atomic E-state index is 5.11. The average Bonchev–Trinajstić information content (AvgIpc) is 2.00. The molecule has 0 N–H and O–H groups in total. The van der Waals surface area contributed by atoms with Crippen molar-refractivity contribution in [3.8, 4) is 0 Å². The third-order valence-corrected chi connectivity index (χ3v) is 2.92. The molecule has 2 heteroatoms. The number of ether oxygens (including phenoxy) is 1. The van der Waals surface area contributed by atoms with E-state index in [-0.39, 0.29) is 0 Å². The Morgan fingerprint density at radius 3 is 2.45 bits per heavy atom. The van der Waals surface area contributed by atoms with Crippen LogP contribution < -0.4 is 0 Å². The molecule has 0 aromatic carbocycles. The van der Waals surface area contributed by atoms with Crippen molar-refractivity contribution in [1.82, 2.24) is 0 Å². The minimum absolute atomic E-state index is 0.680. The molecular weight excluding hydrogens is 204 g/mol. The maximum atomic E-state index is 5.11. The summed E-state index contributed by atoms with van der Waals surface area (Å²) < 4.78 is 5.11. The normalized spacial score (nSPS) is 16.4. The Balaban J connectivity index is 3.61. The molecule has 0 saturated carbocycles. The van der Waals surface area contributed by atoms with E-state index < -0.39 is 0 Å². The third-order valence-electron chi connectivity index (χ3n) is 2.09. The Bertz CT molecular complexity index is 85.6. The monoisotopic (exact) mass is 222 g/mol. The summed E-state index contributed by atoms with van der Waals surface area (Å²) in [5.41, 5.74) is 0. The van der Waals surface area contributed by atoms with Crippen molar-refractivity contribution in [2.24, 2.45) is 11.8 Å². The third kappa shape index (κ3) is 4.81. The second-order valence-corrected chi connectivity index (χ2v) is 3.78. The summed E-state index contributed by atoms with van der Waals surface area (Å²) in [6, 6.07) is 0. The smallest absolute Gasteiger partial charge is 0.0490 e. The first-order chi connectivity index (χ1) is 5.26. The van der Waals surface area contributed by atoms with Crippen LogP contribution in [0.1, 0.15) is 26.7 Å². The molecule has 0 aromatic rings. The number of hydrogen-bond donors (Lipinski definition) is 0. The van der Waals surface area contributed by atoms with Crippen LogP contribution in [0.2, 0.25) is 0 Å². The fraction of sp³-hybridized carbons (Fsp3) is 1.00. The van der Waals surface area contributed by atoms with Crippen LogP contribution in [-0.4, -0.2) is 19.0 Å². The molecule has 11 heavy (non-hydrogen) atoms. The fourth-order valence-corrected chi connectivity index (χ4v) is 2.25. The Kier molecular flexibility index (Phi) is 7.39. The maximum Gasteiger partial charge on any atom is 0.0490 e. The van der Waals surface area contributed by atoms with Gasteiger partial charge >= 0.3 is 0 Å². The van der Waals surface area contributed by atoms with E-state index in [1.165, 1.54) is 12.8 Å². The van der Waals surface area contributed by atoms with Crippen LogP contribution in [0.15, 0.2) is 0 Å². The van der Waals surface area contributed by atoms with Crippen LogP contribution in [0.4, 0.5) is 0 Å². The van der Waals surface area contributed by atoms with E-state index in [0.29, 0.717) is 5.92 Å².